The fraction of sp³-hybridized carbons (Fsp3) is 0.571. The number of rotatable bonds is 12. The van der Waals surface area contributed by atoms with E-state index in [0.717, 1.165) is 28.0 Å². The van der Waals surface area contributed by atoms with Crippen LogP contribution in [0.1, 0.15) is 72.8 Å². The Balaban J connectivity index is 2.43. The summed E-state index contributed by atoms with van der Waals surface area (Å²) in [6.45, 7) is 17.2. The van der Waals surface area contributed by atoms with Crippen molar-refractivity contribution < 1.29 is 23.1 Å². The second kappa shape index (κ2) is 12.7. The molecule has 0 fully saturated rings. The number of ether oxygens (including phenoxy) is 1. The number of anilines is 1. The molecule has 9 heteroatoms. The smallest absolute Gasteiger partial charge is 0.334 e. The van der Waals surface area contributed by atoms with Gasteiger partial charge in [-0.05, 0) is 70.1 Å². The predicted molar refractivity (Wildman–Crippen MR) is 151 cm³/mol. The van der Waals surface area contributed by atoms with E-state index < -0.39 is 28.3 Å². The van der Waals surface area contributed by atoms with Gasteiger partial charge in [0.2, 0.25) is 0 Å². The van der Waals surface area contributed by atoms with Gasteiger partial charge in [-0.25, -0.2) is 4.79 Å². The number of benzene rings is 1. The van der Waals surface area contributed by atoms with Crippen molar-refractivity contribution in [3.8, 4) is 11.1 Å². The van der Waals surface area contributed by atoms with E-state index in [2.05, 4.69) is 25.2 Å². The summed E-state index contributed by atoms with van der Waals surface area (Å²) in [5.74, 6) is -0.711. The first-order valence-corrected chi connectivity index (χ1v) is 14.5. The van der Waals surface area contributed by atoms with E-state index in [1.807, 2.05) is 58.9 Å². The Labute approximate surface area is 228 Å². The fourth-order valence-corrected chi connectivity index (χ4v) is 6.82. The average molecular weight is 550 g/mol. The van der Waals surface area contributed by atoms with Crippen LogP contribution in [-0.2, 0) is 38.6 Å². The quantitative estimate of drug-likeness (QED) is 0.209. The number of ketones is 1. The number of hydrogen-bond acceptors (Lipinski definition) is 7. The molecule has 0 saturated heterocycles. The van der Waals surface area contributed by atoms with Crippen molar-refractivity contribution in [1.29, 1.82) is 0 Å². The second-order valence-electron chi connectivity index (χ2n) is 11.0. The molecule has 2 unspecified atom stereocenters. The van der Waals surface area contributed by atoms with Gasteiger partial charge >= 0.3 is 5.97 Å². The van der Waals surface area contributed by atoms with Crippen LogP contribution in [0, 0.1) is 11.8 Å². The van der Waals surface area contributed by atoms with Gasteiger partial charge < -0.3 is 9.29 Å². The Morgan fingerprint density at radius 3 is 2.16 bits per heavy atom. The molecule has 0 bridgehead atoms. The Morgan fingerprint density at radius 1 is 1.14 bits per heavy atom. The number of hydrogen-bond donors (Lipinski definition) is 1. The molecule has 0 aliphatic heterocycles. The number of esters is 1. The van der Waals surface area contributed by atoms with E-state index in [9.17, 15) is 18.4 Å². The molecule has 0 saturated carbocycles. The lowest BCUT2D eigenvalue weighted by Gasteiger charge is -2.38. The number of thiophene rings is 1. The maximum absolute atomic E-state index is 12.8. The summed E-state index contributed by atoms with van der Waals surface area (Å²) >= 11 is -0.922. The number of nitrogens with one attached hydrogen (secondary N) is 1. The lowest BCUT2D eigenvalue weighted by molar-refractivity contribution is -0.157. The molecule has 206 valence electrons. The van der Waals surface area contributed by atoms with Crippen molar-refractivity contribution in [1.82, 2.24) is 5.32 Å². The minimum absolute atomic E-state index is 0.193. The van der Waals surface area contributed by atoms with E-state index in [0.29, 0.717) is 17.5 Å². The molecular formula is C28H41N2O5S2-. The van der Waals surface area contributed by atoms with Crippen LogP contribution in [-0.4, -0.2) is 38.2 Å². The molecule has 2 rings (SSSR count). The van der Waals surface area contributed by atoms with Crippen LogP contribution in [0.15, 0.2) is 30.3 Å². The topological polar surface area (TPSA) is 98.8 Å². The molecule has 7 nitrogen and oxygen atoms in total. The maximum Gasteiger partial charge on any atom is 0.334 e. The number of carbonyl (C=O) groups excluding carboxylic acids is 2. The molecule has 0 amide bonds. The third kappa shape index (κ3) is 7.28. The summed E-state index contributed by atoms with van der Waals surface area (Å²) in [4.78, 5) is 26.5. The van der Waals surface area contributed by atoms with Gasteiger partial charge in [-0.3, -0.25) is 18.6 Å². The van der Waals surface area contributed by atoms with Crippen molar-refractivity contribution in [3.63, 3.8) is 0 Å². The molecule has 1 aromatic carbocycles. The molecule has 2 atom stereocenters. The van der Waals surface area contributed by atoms with Crippen molar-refractivity contribution in [2.75, 3.05) is 10.9 Å². The average Bonchev–Trinajstić information content (AvgIpc) is 3.14. The predicted octanol–water partition coefficient (Wildman–Crippen LogP) is 5.65. The van der Waals surface area contributed by atoms with Gasteiger partial charge in [-0.15, -0.1) is 11.3 Å². The van der Waals surface area contributed by atoms with Gasteiger partial charge in [0.15, 0.2) is 11.3 Å². The standard InChI is InChI=1S/C28H42N2O5S2/c1-10-35-26(32)28(19(4)5,20(6)31)29-17-21-11-13-22(14-12-21)24-16-23(15-18(2)3)36-25(24)30(37(33)34)27(7,8)9/h11-14,16,18-19,29H,10,15,17H2,1-9H3,(H,33,34)/p-1. The highest BCUT2D eigenvalue weighted by Crippen LogP contribution is 2.43. The number of nitrogens with zero attached hydrogens (tertiary/aromatic N) is 1. The minimum atomic E-state index is -2.43. The zero-order valence-electron chi connectivity index (χ0n) is 23.5. The highest BCUT2D eigenvalue weighted by atomic mass is 32.2. The summed E-state index contributed by atoms with van der Waals surface area (Å²) in [5, 5.41) is 3.87. The van der Waals surface area contributed by atoms with Crippen LogP contribution >= 0.6 is 11.3 Å². The van der Waals surface area contributed by atoms with Crippen LogP contribution < -0.4 is 9.62 Å². The second-order valence-corrected chi connectivity index (χ2v) is 12.9. The van der Waals surface area contributed by atoms with E-state index >= 15 is 0 Å². The highest BCUT2D eigenvalue weighted by Gasteiger charge is 2.47. The summed E-state index contributed by atoms with van der Waals surface area (Å²) in [5.41, 5.74) is 0.610. The third-order valence-corrected chi connectivity index (χ3v) is 8.46. The van der Waals surface area contributed by atoms with Crippen molar-refractivity contribution in [2.24, 2.45) is 11.8 Å². The Kier molecular flexibility index (Phi) is 10.7. The van der Waals surface area contributed by atoms with Gasteiger partial charge in [-0.1, -0.05) is 52.0 Å². The molecule has 0 radical (unpaired) electrons. The van der Waals surface area contributed by atoms with Crippen LogP contribution in [0.5, 0.6) is 0 Å². The summed E-state index contributed by atoms with van der Waals surface area (Å²) < 4.78 is 31.2. The summed E-state index contributed by atoms with van der Waals surface area (Å²) in [6.07, 6.45) is 0.860. The van der Waals surface area contributed by atoms with E-state index in [4.69, 9.17) is 4.74 Å². The molecule has 1 N–H and O–H groups in total. The first-order chi connectivity index (χ1) is 17.1. The van der Waals surface area contributed by atoms with Crippen molar-refractivity contribution in [2.45, 2.75) is 86.4 Å². The maximum atomic E-state index is 12.8. The monoisotopic (exact) mass is 549 g/mol. The molecule has 1 heterocycles. The molecule has 1 aromatic heterocycles. The molecule has 37 heavy (non-hydrogen) atoms. The number of carbonyl (C=O) groups is 2. The normalized spacial score (nSPS) is 14.5. The van der Waals surface area contributed by atoms with Gasteiger partial charge in [0.1, 0.15) is 5.00 Å². The zero-order chi connectivity index (χ0) is 28.1. The summed E-state index contributed by atoms with van der Waals surface area (Å²) in [6, 6.07) is 9.84. The Hall–Kier alpha value is -2.07. The third-order valence-electron chi connectivity index (χ3n) is 6.17. The molecule has 0 aliphatic carbocycles. The highest BCUT2D eigenvalue weighted by molar-refractivity contribution is 7.81. The zero-order valence-corrected chi connectivity index (χ0v) is 25.1. The van der Waals surface area contributed by atoms with E-state index in [-0.39, 0.29) is 18.3 Å². The van der Waals surface area contributed by atoms with Gasteiger partial charge in [0.25, 0.3) is 0 Å². The van der Waals surface area contributed by atoms with Crippen LogP contribution in [0.4, 0.5) is 5.00 Å². The first-order valence-electron chi connectivity index (χ1n) is 12.7. The van der Waals surface area contributed by atoms with Gasteiger partial charge in [0.05, 0.1) is 6.61 Å². The summed E-state index contributed by atoms with van der Waals surface area (Å²) in [7, 11) is 0. The largest absolute Gasteiger partial charge is 0.755 e. The Morgan fingerprint density at radius 2 is 1.73 bits per heavy atom. The van der Waals surface area contributed by atoms with Crippen molar-refractivity contribution >= 4 is 39.4 Å². The molecule has 2 aromatic rings. The lowest BCUT2D eigenvalue weighted by atomic mass is 9.82. The molecular weight excluding hydrogens is 508 g/mol. The SMILES string of the molecule is CCOC(=O)C(NCc1ccc(-c2cc(CC(C)C)sc2N(S(=O)[O-])C(C)(C)C)cc1)(C(C)=O)C(C)C. The van der Waals surface area contributed by atoms with E-state index in [1.165, 1.54) is 22.6 Å². The van der Waals surface area contributed by atoms with E-state index in [1.54, 1.807) is 6.92 Å². The fourth-order valence-electron chi connectivity index (χ4n) is 4.36. The first kappa shape index (κ1) is 31.1. The molecule has 0 spiro atoms. The van der Waals surface area contributed by atoms with Crippen LogP contribution in [0.3, 0.4) is 0 Å². The van der Waals surface area contributed by atoms with Crippen molar-refractivity contribution in [3.05, 3.63) is 40.8 Å². The van der Waals surface area contributed by atoms with Gasteiger partial charge in [-0.2, -0.15) is 0 Å². The van der Waals surface area contributed by atoms with Crippen LogP contribution in [0.2, 0.25) is 0 Å². The Bertz CT molecular complexity index is 1100. The lowest BCUT2D eigenvalue weighted by Crippen LogP contribution is -2.61. The minimum Gasteiger partial charge on any atom is -0.755 e. The van der Waals surface area contributed by atoms with Gasteiger partial charge in [0, 0.05) is 33.8 Å². The molecule has 0 aliphatic rings. The van der Waals surface area contributed by atoms with Crippen LogP contribution in [0.25, 0.3) is 11.1 Å². The number of Topliss-reactive ketones (excluding diaryl/α,β-unsaturated/α-hetero) is 1.